The van der Waals surface area contributed by atoms with Crippen LogP contribution >= 0.6 is 11.6 Å². The number of benzene rings is 1. The van der Waals surface area contributed by atoms with Crippen LogP contribution < -0.4 is 0 Å². The highest BCUT2D eigenvalue weighted by molar-refractivity contribution is 6.30. The van der Waals surface area contributed by atoms with Crippen LogP contribution in [0.2, 0.25) is 5.02 Å². The number of hydrogen-bond acceptors (Lipinski definition) is 3. The van der Waals surface area contributed by atoms with E-state index in [1.54, 1.807) is 0 Å². The molecule has 23 heavy (non-hydrogen) atoms. The van der Waals surface area contributed by atoms with Gasteiger partial charge in [-0.3, -0.25) is 9.69 Å². The van der Waals surface area contributed by atoms with Crippen LogP contribution in [0.4, 0.5) is 13.2 Å². The summed E-state index contributed by atoms with van der Waals surface area (Å²) in [6.45, 7) is 3.38. The van der Waals surface area contributed by atoms with Crippen LogP contribution in [0.5, 0.6) is 0 Å². The molecule has 0 N–H and O–H groups in total. The normalized spacial score (nSPS) is 22.8. The Hall–Kier alpha value is -1.31. The van der Waals surface area contributed by atoms with Gasteiger partial charge in [0.05, 0.1) is 30.4 Å². The number of morpholine rings is 1. The number of nitrogens with zero attached hydrogens (tertiary/aromatic N) is 2. The van der Waals surface area contributed by atoms with Gasteiger partial charge >= 0.3 is 6.18 Å². The van der Waals surface area contributed by atoms with Gasteiger partial charge in [0.15, 0.2) is 0 Å². The largest absolute Gasteiger partial charge is 0.417 e. The summed E-state index contributed by atoms with van der Waals surface area (Å²) in [4.78, 5) is 16.3. The molecule has 8 heteroatoms. The Bertz CT molecular complexity index is 609. The SMILES string of the molecule is O=C(c1ccc(Cl)cc1C(F)(F)F)N1CCN2CCOC[C@H]2C1. The van der Waals surface area contributed by atoms with Crippen molar-refractivity contribution < 1.29 is 22.7 Å². The Morgan fingerprint density at radius 1 is 1.26 bits per heavy atom. The van der Waals surface area contributed by atoms with Crippen molar-refractivity contribution >= 4 is 17.5 Å². The molecule has 1 amide bonds. The maximum absolute atomic E-state index is 13.2. The van der Waals surface area contributed by atoms with Crippen LogP contribution in [0.15, 0.2) is 18.2 Å². The molecule has 0 aliphatic carbocycles. The van der Waals surface area contributed by atoms with Crippen LogP contribution in [0, 0.1) is 0 Å². The van der Waals surface area contributed by atoms with Gasteiger partial charge < -0.3 is 9.64 Å². The summed E-state index contributed by atoms with van der Waals surface area (Å²) in [6, 6.07) is 3.30. The molecule has 0 bridgehead atoms. The number of carbonyl (C=O) groups excluding carboxylic acids is 1. The Labute approximate surface area is 136 Å². The highest BCUT2D eigenvalue weighted by Gasteiger charge is 2.38. The van der Waals surface area contributed by atoms with E-state index in [0.717, 1.165) is 18.7 Å². The summed E-state index contributed by atoms with van der Waals surface area (Å²) in [5.41, 5.74) is -1.34. The van der Waals surface area contributed by atoms with Crippen LogP contribution in [-0.4, -0.2) is 61.1 Å². The van der Waals surface area contributed by atoms with Crippen molar-refractivity contribution in [2.24, 2.45) is 0 Å². The zero-order valence-corrected chi connectivity index (χ0v) is 13.0. The maximum atomic E-state index is 13.2. The van der Waals surface area contributed by atoms with Crippen LogP contribution in [0.1, 0.15) is 15.9 Å². The van der Waals surface area contributed by atoms with Gasteiger partial charge in [-0.25, -0.2) is 0 Å². The number of carbonyl (C=O) groups is 1. The molecule has 4 nitrogen and oxygen atoms in total. The van der Waals surface area contributed by atoms with E-state index >= 15 is 0 Å². The Kier molecular flexibility index (Phi) is 4.53. The summed E-state index contributed by atoms with van der Waals surface area (Å²) in [7, 11) is 0. The van der Waals surface area contributed by atoms with Crippen LogP contribution in [-0.2, 0) is 10.9 Å². The monoisotopic (exact) mass is 348 g/mol. The topological polar surface area (TPSA) is 32.8 Å². The van der Waals surface area contributed by atoms with Gasteiger partial charge in [-0.05, 0) is 18.2 Å². The van der Waals surface area contributed by atoms with Crippen LogP contribution in [0.25, 0.3) is 0 Å². The second-order valence-electron chi connectivity index (χ2n) is 5.70. The quantitative estimate of drug-likeness (QED) is 0.782. The van der Waals surface area contributed by atoms with Gasteiger partial charge in [0, 0.05) is 31.2 Å². The number of piperazine rings is 1. The molecule has 1 aromatic carbocycles. The first-order valence-electron chi connectivity index (χ1n) is 7.34. The van der Waals surface area contributed by atoms with E-state index in [1.165, 1.54) is 11.0 Å². The average molecular weight is 349 g/mol. The minimum Gasteiger partial charge on any atom is -0.378 e. The van der Waals surface area contributed by atoms with Gasteiger partial charge in [-0.2, -0.15) is 13.2 Å². The summed E-state index contributed by atoms with van der Waals surface area (Å²) in [5.74, 6) is -0.612. The zero-order chi connectivity index (χ0) is 16.6. The standard InChI is InChI=1S/C15H16ClF3N2O2/c16-10-1-2-12(13(7-10)15(17,18)19)14(22)21-4-3-20-5-6-23-9-11(20)8-21/h1-2,7,11H,3-6,8-9H2/t11-/m1/s1. The average Bonchev–Trinajstić information content (AvgIpc) is 2.53. The lowest BCUT2D eigenvalue weighted by molar-refractivity contribution is -0.138. The molecule has 0 radical (unpaired) electrons. The van der Waals surface area contributed by atoms with Crippen molar-refractivity contribution in [1.82, 2.24) is 9.80 Å². The molecular formula is C15H16ClF3N2O2. The van der Waals surface area contributed by atoms with Crippen LogP contribution in [0.3, 0.4) is 0 Å². The number of halogens is 4. The first-order valence-corrected chi connectivity index (χ1v) is 7.72. The highest BCUT2D eigenvalue weighted by atomic mass is 35.5. The minimum atomic E-state index is -4.62. The molecule has 0 spiro atoms. The van der Waals surface area contributed by atoms with E-state index in [-0.39, 0.29) is 16.6 Å². The van der Waals surface area contributed by atoms with E-state index in [0.29, 0.717) is 32.8 Å². The van der Waals surface area contributed by atoms with Crippen molar-refractivity contribution in [3.63, 3.8) is 0 Å². The molecule has 0 saturated carbocycles. The first-order chi connectivity index (χ1) is 10.9. The fourth-order valence-corrected chi connectivity index (χ4v) is 3.21. The van der Waals surface area contributed by atoms with Gasteiger partial charge in [-0.15, -0.1) is 0 Å². The summed E-state index contributed by atoms with van der Waals surface area (Å²) in [5, 5.41) is -0.0422. The van der Waals surface area contributed by atoms with Gasteiger partial charge in [0.2, 0.25) is 0 Å². The molecule has 1 aromatic rings. The number of alkyl halides is 3. The molecule has 2 fully saturated rings. The second-order valence-corrected chi connectivity index (χ2v) is 6.14. The molecule has 1 atom stereocenters. The summed E-state index contributed by atoms with van der Waals surface area (Å²) < 4.78 is 44.9. The molecule has 0 aromatic heterocycles. The van der Waals surface area contributed by atoms with Gasteiger partial charge in [0.1, 0.15) is 0 Å². The highest BCUT2D eigenvalue weighted by Crippen LogP contribution is 2.34. The van der Waals surface area contributed by atoms with Crippen molar-refractivity contribution in [2.75, 3.05) is 39.4 Å². The first kappa shape index (κ1) is 16.5. The van der Waals surface area contributed by atoms with Gasteiger partial charge in [-0.1, -0.05) is 11.6 Å². The van der Waals surface area contributed by atoms with E-state index in [9.17, 15) is 18.0 Å². The Morgan fingerprint density at radius 2 is 2.04 bits per heavy atom. The Balaban J connectivity index is 1.83. The van der Waals surface area contributed by atoms with Crippen molar-refractivity contribution in [1.29, 1.82) is 0 Å². The number of ether oxygens (including phenoxy) is 1. The van der Waals surface area contributed by atoms with Crippen molar-refractivity contribution in [3.8, 4) is 0 Å². The minimum absolute atomic E-state index is 0.0422. The summed E-state index contributed by atoms with van der Waals surface area (Å²) in [6.07, 6.45) is -4.62. The van der Waals surface area contributed by atoms with Crippen molar-refractivity contribution in [3.05, 3.63) is 34.3 Å². The number of fused-ring (bicyclic) bond motifs is 1. The predicted molar refractivity (Wildman–Crippen MR) is 78.5 cm³/mol. The molecule has 2 aliphatic rings. The third-order valence-electron chi connectivity index (χ3n) is 4.24. The third-order valence-corrected chi connectivity index (χ3v) is 4.48. The molecule has 2 heterocycles. The zero-order valence-electron chi connectivity index (χ0n) is 12.3. The van der Waals surface area contributed by atoms with Crippen molar-refractivity contribution in [2.45, 2.75) is 12.2 Å². The van der Waals surface area contributed by atoms with E-state index in [1.807, 2.05) is 0 Å². The molecule has 126 valence electrons. The lowest BCUT2D eigenvalue weighted by Crippen LogP contribution is -2.59. The third kappa shape index (κ3) is 3.46. The molecule has 3 rings (SSSR count). The van der Waals surface area contributed by atoms with E-state index < -0.39 is 17.6 Å². The second kappa shape index (κ2) is 6.30. The molecule has 2 aliphatic heterocycles. The summed E-state index contributed by atoms with van der Waals surface area (Å²) >= 11 is 5.66. The Morgan fingerprint density at radius 3 is 2.78 bits per heavy atom. The lowest BCUT2D eigenvalue weighted by atomic mass is 10.0. The lowest BCUT2D eigenvalue weighted by Gasteiger charge is -2.43. The molecular weight excluding hydrogens is 333 g/mol. The molecule has 0 unspecified atom stereocenters. The fourth-order valence-electron chi connectivity index (χ4n) is 3.04. The number of amides is 1. The number of rotatable bonds is 1. The smallest absolute Gasteiger partial charge is 0.378 e. The predicted octanol–water partition coefficient (Wildman–Crippen LogP) is 2.52. The van der Waals surface area contributed by atoms with E-state index in [2.05, 4.69) is 4.90 Å². The van der Waals surface area contributed by atoms with Gasteiger partial charge in [0.25, 0.3) is 5.91 Å². The maximum Gasteiger partial charge on any atom is 0.417 e. The van der Waals surface area contributed by atoms with E-state index in [4.69, 9.17) is 16.3 Å². The molecule has 2 saturated heterocycles. The fraction of sp³-hybridized carbons (Fsp3) is 0.533. The number of hydrogen-bond donors (Lipinski definition) is 0.